The molecule has 11 nitrogen and oxygen atoms in total. The lowest BCUT2D eigenvalue weighted by Gasteiger charge is -2.27. The minimum atomic E-state index is -4.69. The number of morpholine rings is 1. The number of nitrogens with zero attached hydrogens (tertiary/aromatic N) is 5. The maximum atomic E-state index is 14.2. The van der Waals surface area contributed by atoms with Crippen LogP contribution >= 0.6 is 0 Å². The van der Waals surface area contributed by atoms with Crippen molar-refractivity contribution >= 4 is 28.7 Å². The predicted molar refractivity (Wildman–Crippen MR) is 161 cm³/mol. The number of carbonyl (C=O) groups is 1. The highest BCUT2D eigenvalue weighted by molar-refractivity contribution is 6.00. The van der Waals surface area contributed by atoms with Crippen LogP contribution in [0.1, 0.15) is 16.8 Å². The molecule has 2 amide bonds. The van der Waals surface area contributed by atoms with Gasteiger partial charge in [-0.05, 0) is 48.5 Å². The molecule has 0 bridgehead atoms. The lowest BCUT2D eigenvalue weighted by atomic mass is 9.99. The van der Waals surface area contributed by atoms with Crippen LogP contribution in [0.15, 0.2) is 48.8 Å². The van der Waals surface area contributed by atoms with Crippen molar-refractivity contribution in [2.75, 3.05) is 70.0 Å². The van der Waals surface area contributed by atoms with Crippen LogP contribution in [0.5, 0.6) is 0 Å². The number of benzene rings is 2. The maximum Gasteiger partial charge on any atom is 0.416 e. The van der Waals surface area contributed by atoms with Crippen molar-refractivity contribution < 1.29 is 31.8 Å². The fraction of sp³-hybridized carbons (Fsp3) is 0.367. The first-order valence-electron chi connectivity index (χ1n) is 14.2. The van der Waals surface area contributed by atoms with E-state index in [0.29, 0.717) is 74.7 Å². The number of ether oxygens (including phenoxy) is 2. The smallest absolute Gasteiger partial charge is 0.383 e. The summed E-state index contributed by atoms with van der Waals surface area (Å²) in [6.07, 6.45) is -3.26. The number of amides is 2. The second kappa shape index (κ2) is 13.8. The molecule has 0 spiro atoms. The van der Waals surface area contributed by atoms with Crippen molar-refractivity contribution in [2.24, 2.45) is 0 Å². The molecular formula is C30H34F4N8O3. The number of carbonyl (C=O) groups excluding carboxylic acids is 1. The number of alkyl halides is 3. The molecule has 0 radical (unpaired) electrons. The van der Waals surface area contributed by atoms with Crippen molar-refractivity contribution in [2.45, 2.75) is 19.3 Å². The second-order valence-corrected chi connectivity index (χ2v) is 10.7. The highest BCUT2D eigenvalue weighted by Gasteiger charge is 2.31. The van der Waals surface area contributed by atoms with Gasteiger partial charge in [-0.15, -0.1) is 0 Å². The summed E-state index contributed by atoms with van der Waals surface area (Å²) in [5.74, 6) is -0.691. The van der Waals surface area contributed by atoms with Gasteiger partial charge >= 0.3 is 12.2 Å². The van der Waals surface area contributed by atoms with Crippen LogP contribution in [0.2, 0.25) is 0 Å². The van der Waals surface area contributed by atoms with Gasteiger partial charge < -0.3 is 25.8 Å². The SMILES string of the molecule is COCCN(C)Cc1c(-c2ccc(NC(=O)Nc3cc(C(F)(F)F)ccc3F)cc2)c2c(N)ncnn2c1CN1CCOCC1. The largest absolute Gasteiger partial charge is 0.416 e. The number of likely N-dealkylation sites (N-methyl/N-ethyl adjacent to an activating group) is 1. The van der Waals surface area contributed by atoms with Crippen molar-refractivity contribution in [1.29, 1.82) is 0 Å². The summed E-state index contributed by atoms with van der Waals surface area (Å²) in [6.45, 7) is 5.23. The number of nitrogen functional groups attached to an aromatic ring is 1. The van der Waals surface area contributed by atoms with Gasteiger partial charge in [-0.2, -0.15) is 18.3 Å². The van der Waals surface area contributed by atoms with E-state index in [2.05, 4.69) is 30.5 Å². The van der Waals surface area contributed by atoms with Crippen LogP contribution in [0.3, 0.4) is 0 Å². The number of hydrogen-bond acceptors (Lipinski definition) is 8. The Balaban J connectivity index is 1.46. The zero-order chi connectivity index (χ0) is 32.1. The first-order chi connectivity index (χ1) is 21.5. The topological polar surface area (TPSA) is 122 Å². The average molecular weight is 631 g/mol. The number of hydrogen-bond donors (Lipinski definition) is 3. The van der Waals surface area contributed by atoms with Crippen LogP contribution in [0.4, 0.5) is 39.5 Å². The Labute approximate surface area is 256 Å². The highest BCUT2D eigenvalue weighted by Crippen LogP contribution is 2.37. The van der Waals surface area contributed by atoms with Crippen LogP contribution < -0.4 is 16.4 Å². The van der Waals surface area contributed by atoms with Gasteiger partial charge in [0.15, 0.2) is 5.82 Å². The third-order valence-corrected chi connectivity index (χ3v) is 7.52. The van der Waals surface area contributed by atoms with Gasteiger partial charge in [0.2, 0.25) is 0 Å². The number of methoxy groups -OCH3 is 1. The van der Waals surface area contributed by atoms with Crippen molar-refractivity contribution in [3.05, 3.63) is 71.4 Å². The summed E-state index contributed by atoms with van der Waals surface area (Å²) >= 11 is 0. The van der Waals surface area contributed by atoms with Gasteiger partial charge in [0.05, 0.1) is 36.8 Å². The highest BCUT2D eigenvalue weighted by atomic mass is 19.4. The Morgan fingerprint density at radius 2 is 1.87 bits per heavy atom. The van der Waals surface area contributed by atoms with E-state index >= 15 is 0 Å². The molecule has 2 aromatic carbocycles. The molecule has 0 atom stereocenters. The minimum Gasteiger partial charge on any atom is -0.383 e. The number of rotatable bonds is 10. The van der Waals surface area contributed by atoms with Crippen LogP contribution in [0.25, 0.3) is 16.6 Å². The number of aromatic nitrogens is 3. The Hall–Kier alpha value is -4.31. The zero-order valence-corrected chi connectivity index (χ0v) is 24.8. The number of nitrogens with two attached hydrogens (primary N) is 1. The number of halogens is 4. The third kappa shape index (κ3) is 7.50. The van der Waals surface area contributed by atoms with Gasteiger partial charge in [0, 0.05) is 51.1 Å². The second-order valence-electron chi connectivity index (χ2n) is 10.7. The van der Waals surface area contributed by atoms with E-state index in [9.17, 15) is 22.4 Å². The number of fused-ring (bicyclic) bond motifs is 1. The first-order valence-corrected chi connectivity index (χ1v) is 14.2. The first kappa shape index (κ1) is 32.1. The molecule has 5 rings (SSSR count). The van der Waals surface area contributed by atoms with Gasteiger partial charge in [-0.25, -0.2) is 18.7 Å². The van der Waals surface area contributed by atoms with E-state index in [0.717, 1.165) is 35.5 Å². The van der Waals surface area contributed by atoms with Crippen molar-refractivity contribution in [1.82, 2.24) is 24.4 Å². The molecule has 0 unspecified atom stereocenters. The molecule has 0 saturated carbocycles. The van der Waals surface area contributed by atoms with Gasteiger partial charge in [-0.3, -0.25) is 9.80 Å². The predicted octanol–water partition coefficient (Wildman–Crippen LogP) is 4.69. The molecule has 3 heterocycles. The zero-order valence-electron chi connectivity index (χ0n) is 24.8. The molecular weight excluding hydrogens is 596 g/mol. The van der Waals surface area contributed by atoms with Crippen LogP contribution in [-0.2, 0) is 28.7 Å². The van der Waals surface area contributed by atoms with E-state index in [-0.39, 0.29) is 0 Å². The molecule has 45 heavy (non-hydrogen) atoms. The average Bonchev–Trinajstić information content (AvgIpc) is 3.31. The fourth-order valence-electron chi connectivity index (χ4n) is 5.23. The van der Waals surface area contributed by atoms with Crippen LogP contribution in [-0.4, -0.2) is 84.0 Å². The van der Waals surface area contributed by atoms with E-state index in [1.807, 2.05) is 11.6 Å². The Kier molecular flexibility index (Phi) is 9.82. The van der Waals surface area contributed by atoms with Gasteiger partial charge in [-0.1, -0.05) is 12.1 Å². The molecule has 2 aromatic heterocycles. The summed E-state index contributed by atoms with van der Waals surface area (Å²) in [5.41, 5.74) is 9.33. The van der Waals surface area contributed by atoms with E-state index in [4.69, 9.17) is 15.2 Å². The summed E-state index contributed by atoms with van der Waals surface area (Å²) in [6, 6.07) is 7.77. The summed E-state index contributed by atoms with van der Waals surface area (Å²) in [7, 11) is 3.65. The summed E-state index contributed by atoms with van der Waals surface area (Å²) < 4.78 is 66.0. The molecule has 0 aliphatic carbocycles. The van der Waals surface area contributed by atoms with Gasteiger partial charge in [0.25, 0.3) is 0 Å². The molecule has 1 aliphatic rings. The standard InChI is InChI=1S/C30H34F4N8O3/c1-40(9-12-44-2)16-22-25(17-41-10-13-45-14-11-41)42-27(28(35)36-18-37-42)26(22)19-3-6-21(7-4-19)38-29(43)39-24-15-20(30(32,33)34)5-8-23(24)31/h3-8,15,18H,9-14,16-17H2,1-2H3,(H2,35,36,37)(H2,38,39,43). The summed E-state index contributed by atoms with van der Waals surface area (Å²) in [4.78, 5) is 21.3. The Morgan fingerprint density at radius 1 is 1.13 bits per heavy atom. The number of urea groups is 1. The molecule has 1 saturated heterocycles. The van der Waals surface area contributed by atoms with Crippen molar-refractivity contribution in [3.8, 4) is 11.1 Å². The fourth-order valence-corrected chi connectivity index (χ4v) is 5.23. The lowest BCUT2D eigenvalue weighted by molar-refractivity contribution is -0.137. The van der Waals surface area contributed by atoms with E-state index in [1.165, 1.54) is 6.33 Å². The quantitative estimate of drug-likeness (QED) is 0.216. The van der Waals surface area contributed by atoms with E-state index < -0.39 is 29.3 Å². The molecule has 15 heteroatoms. The molecule has 1 aliphatic heterocycles. The molecule has 1 fully saturated rings. The molecule has 240 valence electrons. The third-order valence-electron chi connectivity index (χ3n) is 7.52. The molecule has 4 aromatic rings. The monoisotopic (exact) mass is 630 g/mol. The number of nitrogens with one attached hydrogen (secondary N) is 2. The van der Waals surface area contributed by atoms with Gasteiger partial charge in [0.1, 0.15) is 17.7 Å². The molecule has 4 N–H and O–H groups in total. The minimum absolute atomic E-state index is 0.304. The lowest BCUT2D eigenvalue weighted by Crippen LogP contribution is -2.36. The maximum absolute atomic E-state index is 14.2. The van der Waals surface area contributed by atoms with Crippen molar-refractivity contribution in [3.63, 3.8) is 0 Å². The Morgan fingerprint density at radius 3 is 2.56 bits per heavy atom. The van der Waals surface area contributed by atoms with Crippen LogP contribution in [0, 0.1) is 5.82 Å². The normalized spacial score (nSPS) is 14.3. The number of anilines is 3. The van der Waals surface area contributed by atoms with E-state index in [1.54, 1.807) is 31.4 Å². The summed E-state index contributed by atoms with van der Waals surface area (Å²) in [5, 5.41) is 9.25. The Bertz CT molecular complexity index is 1640.